The minimum atomic E-state index is 0.823. The first-order valence-electron chi connectivity index (χ1n) is 7.56. The molecule has 0 aliphatic carbocycles. The van der Waals surface area contributed by atoms with Gasteiger partial charge in [-0.15, -0.1) is 0 Å². The van der Waals surface area contributed by atoms with Crippen molar-refractivity contribution in [3.63, 3.8) is 0 Å². The van der Waals surface area contributed by atoms with Crippen molar-refractivity contribution in [1.82, 2.24) is 15.1 Å². The maximum atomic E-state index is 5.01. The maximum Gasteiger partial charge on any atom is 0.0587 e. The summed E-state index contributed by atoms with van der Waals surface area (Å²) in [7, 11) is 1.75. The predicted octanol–water partition coefficient (Wildman–Crippen LogP) is 0.783. The molecule has 0 radical (unpaired) electrons. The predicted molar refractivity (Wildman–Crippen MR) is 75.0 cm³/mol. The van der Waals surface area contributed by atoms with Crippen molar-refractivity contribution in [3.05, 3.63) is 0 Å². The summed E-state index contributed by atoms with van der Waals surface area (Å²) in [5.74, 6) is 0. The summed E-state index contributed by atoms with van der Waals surface area (Å²) in [6.07, 6.45) is 5.46. The van der Waals surface area contributed by atoms with E-state index in [0.29, 0.717) is 0 Å². The second-order valence-electron chi connectivity index (χ2n) is 5.58. The number of fused-ring (bicyclic) bond motifs is 1. The lowest BCUT2D eigenvalue weighted by Gasteiger charge is -2.37. The molecule has 0 aromatic heterocycles. The fourth-order valence-electron chi connectivity index (χ4n) is 3.14. The van der Waals surface area contributed by atoms with Crippen LogP contribution in [0.3, 0.4) is 0 Å². The topological polar surface area (TPSA) is 27.7 Å². The molecule has 0 bridgehead atoms. The van der Waals surface area contributed by atoms with Crippen molar-refractivity contribution >= 4 is 0 Å². The molecule has 4 heteroatoms. The van der Waals surface area contributed by atoms with Crippen LogP contribution < -0.4 is 5.32 Å². The van der Waals surface area contributed by atoms with Crippen LogP contribution >= 0.6 is 0 Å². The van der Waals surface area contributed by atoms with E-state index in [1.165, 1.54) is 58.4 Å². The summed E-state index contributed by atoms with van der Waals surface area (Å²) in [6.45, 7) is 9.48. The lowest BCUT2D eigenvalue weighted by molar-refractivity contribution is 0.103. The Labute approximate surface area is 112 Å². The van der Waals surface area contributed by atoms with Gasteiger partial charge in [-0.25, -0.2) is 0 Å². The van der Waals surface area contributed by atoms with Gasteiger partial charge in [-0.05, 0) is 45.3 Å². The molecule has 4 nitrogen and oxygen atoms in total. The number of methoxy groups -OCH3 is 1. The molecule has 0 spiro atoms. The van der Waals surface area contributed by atoms with E-state index in [2.05, 4.69) is 15.1 Å². The molecule has 1 atom stereocenters. The Morgan fingerprint density at radius 2 is 2.11 bits per heavy atom. The summed E-state index contributed by atoms with van der Waals surface area (Å²) in [6, 6.07) is 0.874. The maximum absolute atomic E-state index is 5.01. The molecule has 106 valence electrons. The number of rotatable bonds is 8. The molecule has 18 heavy (non-hydrogen) atoms. The Bertz CT molecular complexity index is 225. The second-order valence-corrected chi connectivity index (χ2v) is 5.58. The molecule has 0 amide bonds. The zero-order valence-corrected chi connectivity index (χ0v) is 11.9. The molecule has 2 saturated heterocycles. The number of hydrogen-bond donors (Lipinski definition) is 1. The number of nitrogens with zero attached hydrogens (tertiary/aromatic N) is 2. The van der Waals surface area contributed by atoms with Gasteiger partial charge < -0.3 is 15.0 Å². The van der Waals surface area contributed by atoms with Crippen LogP contribution in [0, 0.1) is 0 Å². The zero-order valence-electron chi connectivity index (χ0n) is 11.9. The average molecular weight is 255 g/mol. The highest BCUT2D eigenvalue weighted by molar-refractivity contribution is 4.86. The molecule has 2 fully saturated rings. The molecular weight excluding hydrogens is 226 g/mol. The van der Waals surface area contributed by atoms with E-state index < -0.39 is 0 Å². The Balaban J connectivity index is 1.47. The molecule has 1 unspecified atom stereocenters. The molecule has 2 aliphatic heterocycles. The van der Waals surface area contributed by atoms with E-state index >= 15 is 0 Å². The van der Waals surface area contributed by atoms with Crippen LogP contribution in [-0.2, 0) is 4.74 Å². The van der Waals surface area contributed by atoms with Gasteiger partial charge >= 0.3 is 0 Å². The highest BCUT2D eigenvalue weighted by atomic mass is 16.5. The normalized spacial score (nSPS) is 25.5. The minimum absolute atomic E-state index is 0.823. The Kier molecular flexibility index (Phi) is 6.41. The van der Waals surface area contributed by atoms with Crippen LogP contribution in [0.4, 0.5) is 0 Å². The monoisotopic (exact) mass is 255 g/mol. The minimum Gasteiger partial charge on any atom is -0.383 e. The number of hydrogen-bond acceptors (Lipinski definition) is 4. The molecule has 0 saturated carbocycles. The van der Waals surface area contributed by atoms with E-state index in [0.717, 1.165) is 25.7 Å². The highest BCUT2D eigenvalue weighted by Gasteiger charge is 2.29. The summed E-state index contributed by atoms with van der Waals surface area (Å²) in [5, 5.41) is 3.41. The van der Waals surface area contributed by atoms with Crippen molar-refractivity contribution in [3.8, 4) is 0 Å². The third kappa shape index (κ3) is 4.50. The van der Waals surface area contributed by atoms with Crippen molar-refractivity contribution < 1.29 is 4.74 Å². The third-order valence-electron chi connectivity index (χ3n) is 4.23. The Hall–Kier alpha value is -0.160. The lowest BCUT2D eigenvalue weighted by atomic mass is 10.1. The molecule has 0 aromatic rings. The number of ether oxygens (including phenoxy) is 1. The van der Waals surface area contributed by atoms with Gasteiger partial charge in [-0.3, -0.25) is 4.90 Å². The number of unbranched alkanes of at least 4 members (excludes halogenated alkanes) is 1. The van der Waals surface area contributed by atoms with Crippen LogP contribution in [-0.4, -0.2) is 75.4 Å². The molecule has 2 aliphatic rings. The van der Waals surface area contributed by atoms with Crippen molar-refractivity contribution in [2.24, 2.45) is 0 Å². The molecule has 2 heterocycles. The largest absolute Gasteiger partial charge is 0.383 e. The smallest absolute Gasteiger partial charge is 0.0587 e. The van der Waals surface area contributed by atoms with Gasteiger partial charge in [0.05, 0.1) is 6.61 Å². The summed E-state index contributed by atoms with van der Waals surface area (Å²) < 4.78 is 5.01. The first kappa shape index (κ1) is 14.3. The van der Waals surface area contributed by atoms with E-state index in [4.69, 9.17) is 4.74 Å². The van der Waals surface area contributed by atoms with Crippen molar-refractivity contribution in [2.45, 2.75) is 31.7 Å². The van der Waals surface area contributed by atoms with Crippen LogP contribution in [0.5, 0.6) is 0 Å². The number of nitrogens with one attached hydrogen (secondary N) is 1. The zero-order chi connectivity index (χ0) is 12.6. The summed E-state index contributed by atoms with van der Waals surface area (Å²) >= 11 is 0. The van der Waals surface area contributed by atoms with Crippen LogP contribution in [0.25, 0.3) is 0 Å². The van der Waals surface area contributed by atoms with Gasteiger partial charge in [0.2, 0.25) is 0 Å². The average Bonchev–Trinajstić information content (AvgIpc) is 2.85. The van der Waals surface area contributed by atoms with Gasteiger partial charge in [0.1, 0.15) is 0 Å². The van der Waals surface area contributed by atoms with Gasteiger partial charge in [0, 0.05) is 39.3 Å². The van der Waals surface area contributed by atoms with Crippen LogP contribution in [0.2, 0.25) is 0 Å². The molecular formula is C14H29N3O. The van der Waals surface area contributed by atoms with Gasteiger partial charge in [-0.2, -0.15) is 0 Å². The quantitative estimate of drug-likeness (QED) is 0.649. The van der Waals surface area contributed by atoms with Gasteiger partial charge in [-0.1, -0.05) is 0 Å². The molecule has 1 N–H and O–H groups in total. The van der Waals surface area contributed by atoms with Gasteiger partial charge in [0.15, 0.2) is 0 Å². The fourth-order valence-corrected chi connectivity index (χ4v) is 3.14. The third-order valence-corrected chi connectivity index (χ3v) is 4.23. The van der Waals surface area contributed by atoms with E-state index in [1.54, 1.807) is 7.11 Å². The Morgan fingerprint density at radius 1 is 1.17 bits per heavy atom. The van der Waals surface area contributed by atoms with E-state index in [1.807, 2.05) is 0 Å². The fraction of sp³-hybridized carbons (Fsp3) is 1.00. The van der Waals surface area contributed by atoms with E-state index in [9.17, 15) is 0 Å². The van der Waals surface area contributed by atoms with Crippen LogP contribution in [0.1, 0.15) is 25.7 Å². The van der Waals surface area contributed by atoms with Crippen LogP contribution in [0.15, 0.2) is 0 Å². The van der Waals surface area contributed by atoms with Crippen molar-refractivity contribution in [2.75, 3.05) is 59.5 Å². The van der Waals surface area contributed by atoms with Gasteiger partial charge in [0.25, 0.3) is 0 Å². The molecule has 2 rings (SSSR count). The van der Waals surface area contributed by atoms with Crippen molar-refractivity contribution in [1.29, 1.82) is 0 Å². The second kappa shape index (κ2) is 8.10. The Morgan fingerprint density at radius 3 is 3.00 bits per heavy atom. The molecule has 0 aromatic carbocycles. The first-order chi connectivity index (χ1) is 8.90. The highest BCUT2D eigenvalue weighted by Crippen LogP contribution is 2.21. The lowest BCUT2D eigenvalue weighted by Crippen LogP contribution is -2.50. The standard InChI is InChI=1S/C14H29N3O/c1-18-12-7-15-6-2-3-8-16-10-11-17-9-4-5-14(17)13-16/h14-15H,2-13H2,1H3. The number of piperazine rings is 1. The first-order valence-corrected chi connectivity index (χ1v) is 7.56. The van der Waals surface area contributed by atoms with E-state index in [-0.39, 0.29) is 0 Å². The summed E-state index contributed by atoms with van der Waals surface area (Å²) in [5.41, 5.74) is 0. The SMILES string of the molecule is COCCNCCCCN1CCN2CCCC2C1. The summed E-state index contributed by atoms with van der Waals surface area (Å²) in [4.78, 5) is 5.35.